The van der Waals surface area contributed by atoms with E-state index in [4.69, 9.17) is 5.11 Å². The van der Waals surface area contributed by atoms with Gasteiger partial charge in [0.1, 0.15) is 0 Å². The van der Waals surface area contributed by atoms with Gasteiger partial charge in [-0.15, -0.1) is 0 Å². The minimum absolute atomic E-state index is 0.538. The number of carbonyl (C=O) groups is 1. The van der Waals surface area contributed by atoms with Crippen molar-refractivity contribution in [3.63, 3.8) is 0 Å². The van der Waals surface area contributed by atoms with Crippen LogP contribution in [0.4, 0.5) is 18.9 Å². The van der Waals surface area contributed by atoms with Crippen molar-refractivity contribution < 1.29 is 23.1 Å². The lowest BCUT2D eigenvalue weighted by Gasteiger charge is -2.17. The number of halogens is 3. The van der Waals surface area contributed by atoms with E-state index in [-0.39, 0.29) is 0 Å². The van der Waals surface area contributed by atoms with Crippen molar-refractivity contribution in [1.82, 2.24) is 0 Å². The second-order valence-electron chi connectivity index (χ2n) is 4.65. The first-order valence-electron chi connectivity index (χ1n) is 6.03. The van der Waals surface area contributed by atoms with Crippen LogP contribution in [0.3, 0.4) is 0 Å². The molecule has 104 valence electrons. The summed E-state index contributed by atoms with van der Waals surface area (Å²) in [4.78, 5) is 10.6. The number of carboxylic acid groups (broad SMARTS) is 1. The Morgan fingerprint density at radius 3 is 2.63 bits per heavy atom. The first kappa shape index (κ1) is 13.7. The van der Waals surface area contributed by atoms with Gasteiger partial charge in [-0.3, -0.25) is 4.79 Å². The summed E-state index contributed by atoms with van der Waals surface area (Å²) in [6.07, 6.45) is -1.77. The molecule has 1 aliphatic carbocycles. The van der Waals surface area contributed by atoms with E-state index in [9.17, 15) is 18.0 Å². The fourth-order valence-electron chi connectivity index (χ4n) is 2.24. The highest BCUT2D eigenvalue weighted by Crippen LogP contribution is 2.28. The van der Waals surface area contributed by atoms with Gasteiger partial charge in [-0.25, -0.2) is 0 Å². The third-order valence-electron chi connectivity index (χ3n) is 3.30. The lowest BCUT2D eigenvalue weighted by atomic mass is 10.1. The minimum atomic E-state index is -4.74. The molecule has 2 N–H and O–H groups in total. The molecule has 3 nitrogen and oxygen atoms in total. The largest absolute Gasteiger partial charge is 0.481 e. The van der Waals surface area contributed by atoms with Crippen molar-refractivity contribution in [1.29, 1.82) is 0 Å². The number of alkyl halides is 3. The average Bonchev–Trinajstić information content (AvgIpc) is 2.73. The maximum atomic E-state index is 12.5. The van der Waals surface area contributed by atoms with Gasteiger partial charge in [0, 0.05) is 12.2 Å². The zero-order valence-corrected chi connectivity index (χ0v) is 10.1. The first-order chi connectivity index (χ1) is 8.88. The molecule has 1 aromatic rings. The molecule has 0 aliphatic heterocycles. The van der Waals surface area contributed by atoms with Crippen LogP contribution in [0.1, 0.15) is 17.5 Å². The molecule has 6 heteroatoms. The summed E-state index contributed by atoms with van der Waals surface area (Å²) < 4.78 is 37.4. The van der Waals surface area contributed by atoms with Crippen LogP contribution in [0, 0.1) is 5.92 Å². The summed E-state index contributed by atoms with van der Waals surface area (Å²) in [6.45, 7) is -0.655. The van der Waals surface area contributed by atoms with Gasteiger partial charge < -0.3 is 10.4 Å². The molecule has 2 rings (SSSR count). The summed E-state index contributed by atoms with van der Waals surface area (Å²) in [7, 11) is 0. The van der Waals surface area contributed by atoms with Crippen LogP contribution in [-0.4, -0.2) is 23.8 Å². The molecule has 0 amide bonds. The molecule has 0 saturated heterocycles. The molecule has 1 unspecified atom stereocenters. The van der Waals surface area contributed by atoms with Crippen molar-refractivity contribution in [2.45, 2.75) is 25.4 Å². The number of benzene rings is 1. The van der Waals surface area contributed by atoms with E-state index in [0.29, 0.717) is 5.69 Å². The summed E-state index contributed by atoms with van der Waals surface area (Å²) >= 11 is 0. The number of aliphatic carboxylic acids is 1. The quantitative estimate of drug-likeness (QED) is 0.886. The van der Waals surface area contributed by atoms with Crippen LogP contribution in [0.2, 0.25) is 0 Å². The van der Waals surface area contributed by atoms with E-state index in [2.05, 4.69) is 5.32 Å². The predicted octanol–water partition coefficient (Wildman–Crippen LogP) is 2.85. The number of hydrogen-bond acceptors (Lipinski definition) is 2. The zero-order valence-electron chi connectivity index (χ0n) is 10.1. The molecular weight excluding hydrogens is 259 g/mol. The molecule has 1 aliphatic rings. The minimum Gasteiger partial charge on any atom is -0.481 e. The topological polar surface area (TPSA) is 49.3 Å². The molecule has 0 fully saturated rings. The number of anilines is 1. The Morgan fingerprint density at radius 1 is 1.32 bits per heavy atom. The summed E-state index contributed by atoms with van der Waals surface area (Å²) in [5, 5.41) is 11.1. The highest BCUT2D eigenvalue weighted by Gasteiger charge is 2.44. The van der Waals surface area contributed by atoms with Gasteiger partial charge in [-0.05, 0) is 42.5 Å². The van der Waals surface area contributed by atoms with E-state index in [1.807, 2.05) is 6.07 Å². The SMILES string of the molecule is O=C(O)C(CNc1ccc2c(c1)CCC2)C(F)(F)F. The van der Waals surface area contributed by atoms with Crippen LogP contribution in [0.25, 0.3) is 0 Å². The molecule has 0 spiro atoms. The molecular formula is C13H14F3NO2. The Hall–Kier alpha value is -1.72. The van der Waals surface area contributed by atoms with Crippen LogP contribution < -0.4 is 5.32 Å². The number of carboxylic acids is 1. The first-order valence-corrected chi connectivity index (χ1v) is 6.03. The summed E-state index contributed by atoms with van der Waals surface area (Å²) in [6, 6.07) is 5.38. The van der Waals surface area contributed by atoms with Gasteiger partial charge in [0.15, 0.2) is 5.92 Å². The molecule has 0 radical (unpaired) electrons. The standard InChI is InChI=1S/C13H14F3NO2/c14-13(15,16)11(12(18)19)7-17-10-5-4-8-2-1-3-9(8)6-10/h4-6,11,17H,1-3,7H2,(H,18,19). The van der Waals surface area contributed by atoms with E-state index >= 15 is 0 Å². The molecule has 0 heterocycles. The average molecular weight is 273 g/mol. The lowest BCUT2D eigenvalue weighted by Crippen LogP contribution is -2.36. The maximum absolute atomic E-state index is 12.5. The molecule has 0 bridgehead atoms. The van der Waals surface area contributed by atoms with Crippen molar-refractivity contribution in [3.05, 3.63) is 29.3 Å². The number of fused-ring (bicyclic) bond motifs is 1. The number of aryl methyl sites for hydroxylation is 2. The van der Waals surface area contributed by atoms with E-state index in [1.54, 1.807) is 12.1 Å². The van der Waals surface area contributed by atoms with Crippen LogP contribution >= 0.6 is 0 Å². The van der Waals surface area contributed by atoms with Crippen molar-refractivity contribution in [2.75, 3.05) is 11.9 Å². The highest BCUT2D eigenvalue weighted by atomic mass is 19.4. The third-order valence-corrected chi connectivity index (χ3v) is 3.30. The zero-order chi connectivity index (χ0) is 14.0. The lowest BCUT2D eigenvalue weighted by molar-refractivity contribution is -0.190. The number of hydrogen-bond donors (Lipinski definition) is 2. The summed E-state index contributed by atoms with van der Waals surface area (Å²) in [5.41, 5.74) is 2.89. The second kappa shape index (κ2) is 5.11. The number of rotatable bonds is 4. The second-order valence-corrected chi connectivity index (χ2v) is 4.65. The monoisotopic (exact) mass is 273 g/mol. The van der Waals surface area contributed by atoms with E-state index in [1.165, 1.54) is 5.56 Å². The maximum Gasteiger partial charge on any atom is 0.403 e. The molecule has 1 aromatic carbocycles. The Bertz CT molecular complexity index is 485. The van der Waals surface area contributed by atoms with Gasteiger partial charge in [-0.2, -0.15) is 13.2 Å². The van der Waals surface area contributed by atoms with Crippen molar-refractivity contribution >= 4 is 11.7 Å². The Morgan fingerprint density at radius 2 is 2.00 bits per heavy atom. The van der Waals surface area contributed by atoms with Gasteiger partial charge in [-0.1, -0.05) is 6.07 Å². The fraction of sp³-hybridized carbons (Fsp3) is 0.462. The highest BCUT2D eigenvalue weighted by molar-refractivity contribution is 5.71. The fourth-order valence-corrected chi connectivity index (χ4v) is 2.24. The smallest absolute Gasteiger partial charge is 0.403 e. The Labute approximate surface area is 108 Å². The van der Waals surface area contributed by atoms with Gasteiger partial charge in [0.2, 0.25) is 0 Å². The van der Waals surface area contributed by atoms with Crippen LogP contribution in [-0.2, 0) is 17.6 Å². The van der Waals surface area contributed by atoms with Gasteiger partial charge in [0.25, 0.3) is 0 Å². The van der Waals surface area contributed by atoms with Crippen molar-refractivity contribution in [2.24, 2.45) is 5.92 Å². The van der Waals surface area contributed by atoms with Crippen LogP contribution in [0.5, 0.6) is 0 Å². The summed E-state index contributed by atoms with van der Waals surface area (Å²) in [5.74, 6) is -4.25. The molecule has 19 heavy (non-hydrogen) atoms. The predicted molar refractivity (Wildman–Crippen MR) is 64.1 cm³/mol. The van der Waals surface area contributed by atoms with E-state index in [0.717, 1.165) is 24.8 Å². The normalized spacial score (nSPS) is 15.9. The molecule has 1 atom stereocenters. The number of nitrogens with one attached hydrogen (secondary N) is 1. The van der Waals surface area contributed by atoms with Gasteiger partial charge >= 0.3 is 12.1 Å². The van der Waals surface area contributed by atoms with E-state index < -0.39 is 24.6 Å². The molecule has 0 aromatic heterocycles. The van der Waals surface area contributed by atoms with Gasteiger partial charge in [0.05, 0.1) is 0 Å². The molecule has 0 saturated carbocycles. The Kier molecular flexibility index (Phi) is 3.68. The third kappa shape index (κ3) is 3.19. The Balaban J connectivity index is 2.03. The van der Waals surface area contributed by atoms with Crippen LogP contribution in [0.15, 0.2) is 18.2 Å². The van der Waals surface area contributed by atoms with Crippen molar-refractivity contribution in [3.8, 4) is 0 Å².